The summed E-state index contributed by atoms with van der Waals surface area (Å²) in [5.74, 6) is 0.985. The number of nitrogen functional groups attached to an aromatic ring is 1. The maximum Gasteiger partial charge on any atom is 0.257 e. The van der Waals surface area contributed by atoms with Crippen LogP contribution in [-0.4, -0.2) is 19.1 Å². The van der Waals surface area contributed by atoms with Crippen LogP contribution in [0.2, 0.25) is 0 Å². The molecule has 0 saturated heterocycles. The standard InChI is InChI=1S/C13H20N2O2/c1-9(2)7-15-13(16)8-17-12-6-4-5-11(14)10(12)3/h4-6,9H,7-8,14H2,1-3H3,(H,15,16). The smallest absolute Gasteiger partial charge is 0.257 e. The lowest BCUT2D eigenvalue weighted by molar-refractivity contribution is -0.123. The average molecular weight is 236 g/mol. The average Bonchev–Trinajstić information content (AvgIpc) is 2.28. The van der Waals surface area contributed by atoms with E-state index < -0.39 is 0 Å². The molecule has 4 nitrogen and oxygen atoms in total. The number of amides is 1. The van der Waals surface area contributed by atoms with Gasteiger partial charge >= 0.3 is 0 Å². The van der Waals surface area contributed by atoms with E-state index in [0.29, 0.717) is 23.9 Å². The SMILES string of the molecule is Cc1c(N)cccc1OCC(=O)NCC(C)C. The second-order valence-corrected chi connectivity index (χ2v) is 4.46. The van der Waals surface area contributed by atoms with Gasteiger partial charge in [-0.3, -0.25) is 4.79 Å². The van der Waals surface area contributed by atoms with Gasteiger partial charge in [0.15, 0.2) is 6.61 Å². The van der Waals surface area contributed by atoms with E-state index in [9.17, 15) is 4.79 Å². The maximum absolute atomic E-state index is 11.4. The van der Waals surface area contributed by atoms with Crippen LogP contribution in [0.5, 0.6) is 5.75 Å². The van der Waals surface area contributed by atoms with Crippen LogP contribution in [-0.2, 0) is 4.79 Å². The highest BCUT2D eigenvalue weighted by Crippen LogP contribution is 2.22. The summed E-state index contributed by atoms with van der Waals surface area (Å²) in [6.07, 6.45) is 0. The number of rotatable bonds is 5. The first-order valence-electron chi connectivity index (χ1n) is 5.75. The van der Waals surface area contributed by atoms with Crippen molar-refractivity contribution in [1.29, 1.82) is 0 Å². The van der Waals surface area contributed by atoms with Crippen LogP contribution in [0.3, 0.4) is 0 Å². The molecule has 94 valence electrons. The minimum atomic E-state index is -0.111. The Morgan fingerprint density at radius 1 is 1.47 bits per heavy atom. The number of nitrogens with two attached hydrogens (primary N) is 1. The molecular weight excluding hydrogens is 216 g/mol. The van der Waals surface area contributed by atoms with Gasteiger partial charge < -0.3 is 15.8 Å². The zero-order chi connectivity index (χ0) is 12.8. The first kappa shape index (κ1) is 13.4. The molecule has 0 atom stereocenters. The predicted octanol–water partition coefficient (Wildman–Crippen LogP) is 1.73. The van der Waals surface area contributed by atoms with E-state index in [4.69, 9.17) is 10.5 Å². The molecular formula is C13H20N2O2. The van der Waals surface area contributed by atoms with Crippen molar-refractivity contribution in [2.24, 2.45) is 5.92 Å². The van der Waals surface area contributed by atoms with Gasteiger partial charge in [0.25, 0.3) is 5.91 Å². The number of hydrogen-bond donors (Lipinski definition) is 2. The fourth-order valence-corrected chi connectivity index (χ4v) is 1.30. The number of carbonyl (C=O) groups is 1. The number of carbonyl (C=O) groups excluding carboxylic acids is 1. The number of ether oxygens (including phenoxy) is 1. The highest BCUT2D eigenvalue weighted by molar-refractivity contribution is 5.77. The highest BCUT2D eigenvalue weighted by atomic mass is 16.5. The molecule has 0 aliphatic carbocycles. The lowest BCUT2D eigenvalue weighted by Crippen LogP contribution is -2.31. The van der Waals surface area contributed by atoms with Crippen molar-refractivity contribution in [2.75, 3.05) is 18.9 Å². The first-order chi connectivity index (χ1) is 8.00. The zero-order valence-electron chi connectivity index (χ0n) is 10.6. The summed E-state index contributed by atoms with van der Waals surface area (Å²) < 4.78 is 5.42. The Balaban J connectivity index is 2.45. The van der Waals surface area contributed by atoms with E-state index in [-0.39, 0.29) is 12.5 Å². The third-order valence-electron chi connectivity index (χ3n) is 2.39. The molecule has 17 heavy (non-hydrogen) atoms. The molecule has 0 spiro atoms. The molecule has 0 fully saturated rings. The van der Waals surface area contributed by atoms with Gasteiger partial charge in [0, 0.05) is 17.8 Å². The number of nitrogens with one attached hydrogen (secondary N) is 1. The van der Waals surface area contributed by atoms with Crippen LogP contribution in [0, 0.1) is 12.8 Å². The molecule has 1 rings (SSSR count). The summed E-state index contributed by atoms with van der Waals surface area (Å²) in [6.45, 7) is 6.65. The van der Waals surface area contributed by atoms with Crippen LogP contribution in [0.1, 0.15) is 19.4 Å². The molecule has 1 aromatic carbocycles. The van der Waals surface area contributed by atoms with Crippen molar-refractivity contribution < 1.29 is 9.53 Å². The van der Waals surface area contributed by atoms with E-state index in [1.165, 1.54) is 0 Å². The monoisotopic (exact) mass is 236 g/mol. The quantitative estimate of drug-likeness (QED) is 0.765. The van der Waals surface area contributed by atoms with Crippen LogP contribution >= 0.6 is 0 Å². The summed E-state index contributed by atoms with van der Waals surface area (Å²) in [6, 6.07) is 5.42. The topological polar surface area (TPSA) is 64.3 Å². The summed E-state index contributed by atoms with van der Waals surface area (Å²) in [7, 11) is 0. The Morgan fingerprint density at radius 2 is 2.18 bits per heavy atom. The molecule has 1 amide bonds. The fraction of sp³-hybridized carbons (Fsp3) is 0.462. The summed E-state index contributed by atoms with van der Waals surface area (Å²) in [4.78, 5) is 11.4. The lowest BCUT2D eigenvalue weighted by Gasteiger charge is -2.11. The first-order valence-corrected chi connectivity index (χ1v) is 5.75. The van der Waals surface area contributed by atoms with Gasteiger partial charge in [-0.25, -0.2) is 0 Å². The molecule has 0 aliphatic rings. The Bertz CT molecular complexity index is 389. The van der Waals surface area contributed by atoms with E-state index >= 15 is 0 Å². The van der Waals surface area contributed by atoms with Crippen LogP contribution in [0.25, 0.3) is 0 Å². The lowest BCUT2D eigenvalue weighted by atomic mass is 10.2. The van der Waals surface area contributed by atoms with E-state index in [1.807, 2.05) is 26.8 Å². The fourth-order valence-electron chi connectivity index (χ4n) is 1.30. The van der Waals surface area contributed by atoms with Crippen molar-refractivity contribution in [1.82, 2.24) is 5.32 Å². The van der Waals surface area contributed by atoms with Gasteiger partial charge in [0.05, 0.1) is 0 Å². The Labute approximate surface area is 102 Å². The Kier molecular flexibility index (Phi) is 4.82. The minimum absolute atomic E-state index is 0.0248. The van der Waals surface area contributed by atoms with Crippen molar-refractivity contribution in [3.8, 4) is 5.75 Å². The predicted molar refractivity (Wildman–Crippen MR) is 68.9 cm³/mol. The third kappa shape index (κ3) is 4.34. The van der Waals surface area contributed by atoms with Crippen molar-refractivity contribution in [3.05, 3.63) is 23.8 Å². The van der Waals surface area contributed by atoms with Crippen molar-refractivity contribution in [2.45, 2.75) is 20.8 Å². The molecule has 0 aromatic heterocycles. The molecule has 4 heteroatoms. The number of hydrogen-bond acceptors (Lipinski definition) is 3. The minimum Gasteiger partial charge on any atom is -0.483 e. The number of benzene rings is 1. The Morgan fingerprint density at radius 3 is 2.82 bits per heavy atom. The van der Waals surface area contributed by atoms with Gasteiger partial charge in [-0.2, -0.15) is 0 Å². The van der Waals surface area contributed by atoms with Crippen LogP contribution < -0.4 is 15.8 Å². The van der Waals surface area contributed by atoms with Crippen molar-refractivity contribution >= 4 is 11.6 Å². The summed E-state index contributed by atoms with van der Waals surface area (Å²) in [5, 5.41) is 2.79. The van der Waals surface area contributed by atoms with Crippen molar-refractivity contribution in [3.63, 3.8) is 0 Å². The summed E-state index contributed by atoms with van der Waals surface area (Å²) in [5.41, 5.74) is 7.28. The molecule has 0 bridgehead atoms. The van der Waals surface area contributed by atoms with E-state index in [2.05, 4.69) is 5.32 Å². The molecule has 0 radical (unpaired) electrons. The second kappa shape index (κ2) is 6.13. The highest BCUT2D eigenvalue weighted by Gasteiger charge is 2.06. The maximum atomic E-state index is 11.4. The van der Waals surface area contributed by atoms with Gasteiger partial charge in [0.1, 0.15) is 5.75 Å². The molecule has 0 unspecified atom stereocenters. The van der Waals surface area contributed by atoms with Gasteiger partial charge in [-0.1, -0.05) is 19.9 Å². The van der Waals surface area contributed by atoms with Gasteiger partial charge in [-0.05, 0) is 25.0 Å². The molecule has 1 aromatic rings. The molecule has 0 saturated carbocycles. The number of anilines is 1. The Hall–Kier alpha value is -1.71. The van der Waals surface area contributed by atoms with Crippen LogP contribution in [0.15, 0.2) is 18.2 Å². The molecule has 0 heterocycles. The van der Waals surface area contributed by atoms with Gasteiger partial charge in [-0.15, -0.1) is 0 Å². The van der Waals surface area contributed by atoms with E-state index in [1.54, 1.807) is 12.1 Å². The summed E-state index contributed by atoms with van der Waals surface area (Å²) >= 11 is 0. The zero-order valence-corrected chi connectivity index (χ0v) is 10.6. The third-order valence-corrected chi connectivity index (χ3v) is 2.39. The molecule has 0 aliphatic heterocycles. The van der Waals surface area contributed by atoms with E-state index in [0.717, 1.165) is 5.56 Å². The second-order valence-electron chi connectivity index (χ2n) is 4.46. The largest absolute Gasteiger partial charge is 0.483 e. The normalized spacial score (nSPS) is 10.4. The van der Waals surface area contributed by atoms with Crippen LogP contribution in [0.4, 0.5) is 5.69 Å². The van der Waals surface area contributed by atoms with Gasteiger partial charge in [0.2, 0.25) is 0 Å². The molecule has 3 N–H and O–H groups in total.